The minimum Gasteiger partial charge on any atom is -0.378 e. The predicted octanol–water partition coefficient (Wildman–Crippen LogP) is 2.69. The summed E-state index contributed by atoms with van der Waals surface area (Å²) in [6, 6.07) is 8.31. The van der Waals surface area contributed by atoms with Gasteiger partial charge in [0.2, 0.25) is 5.95 Å². The van der Waals surface area contributed by atoms with E-state index in [2.05, 4.69) is 50.4 Å². The van der Waals surface area contributed by atoms with Gasteiger partial charge < -0.3 is 19.9 Å². The molecule has 7 heteroatoms. The van der Waals surface area contributed by atoms with Crippen LogP contribution in [-0.2, 0) is 4.74 Å². The Hall–Kier alpha value is -2.41. The molecule has 0 radical (unpaired) electrons. The topological polar surface area (TPSA) is 66.4 Å². The largest absolute Gasteiger partial charge is 0.378 e. The first-order chi connectivity index (χ1) is 12.8. The molecule has 0 amide bonds. The molecule has 2 aliphatic heterocycles. The van der Waals surface area contributed by atoms with Gasteiger partial charge in [-0.3, -0.25) is 0 Å². The Labute approximate surface area is 154 Å². The fourth-order valence-corrected chi connectivity index (χ4v) is 3.49. The number of nitrogens with one attached hydrogen (secondary N) is 1. The second-order valence-electron chi connectivity index (χ2n) is 7.05. The van der Waals surface area contributed by atoms with Crippen LogP contribution in [0.4, 0.5) is 23.1 Å². The maximum Gasteiger partial charge on any atom is 0.247 e. The van der Waals surface area contributed by atoms with Crippen molar-refractivity contribution in [1.82, 2.24) is 15.2 Å². The lowest BCUT2D eigenvalue weighted by Gasteiger charge is -2.31. The van der Waals surface area contributed by atoms with Crippen molar-refractivity contribution in [2.24, 2.45) is 5.92 Å². The number of ether oxygens (including phenoxy) is 1. The standard InChI is InChI=1S/C19H26N6O/c1-15-6-8-25(9-7-15)19-22-18(14-20-23-19)21-16-4-2-3-5-17(16)24-10-12-26-13-11-24/h2-5,14-15H,6-13H2,1H3,(H,21,22,23). The summed E-state index contributed by atoms with van der Waals surface area (Å²) >= 11 is 0. The van der Waals surface area contributed by atoms with E-state index < -0.39 is 0 Å². The van der Waals surface area contributed by atoms with Crippen molar-refractivity contribution in [3.63, 3.8) is 0 Å². The van der Waals surface area contributed by atoms with Crippen molar-refractivity contribution in [3.8, 4) is 0 Å². The zero-order chi connectivity index (χ0) is 17.8. The normalized spacial score (nSPS) is 18.8. The van der Waals surface area contributed by atoms with Crippen LogP contribution in [0.3, 0.4) is 0 Å². The Balaban J connectivity index is 1.52. The third-order valence-corrected chi connectivity index (χ3v) is 5.13. The van der Waals surface area contributed by atoms with Gasteiger partial charge in [0, 0.05) is 26.2 Å². The summed E-state index contributed by atoms with van der Waals surface area (Å²) in [5.74, 6) is 2.22. The van der Waals surface area contributed by atoms with Crippen molar-refractivity contribution in [2.45, 2.75) is 19.8 Å². The molecule has 3 heterocycles. The molecular weight excluding hydrogens is 328 g/mol. The molecule has 0 bridgehead atoms. The first-order valence-electron chi connectivity index (χ1n) is 9.43. The van der Waals surface area contributed by atoms with Crippen molar-refractivity contribution in [3.05, 3.63) is 30.5 Å². The van der Waals surface area contributed by atoms with E-state index in [-0.39, 0.29) is 0 Å². The molecule has 0 saturated carbocycles. The lowest BCUT2D eigenvalue weighted by molar-refractivity contribution is 0.123. The lowest BCUT2D eigenvalue weighted by Crippen LogP contribution is -2.36. The maximum absolute atomic E-state index is 5.47. The highest BCUT2D eigenvalue weighted by atomic mass is 16.5. The Morgan fingerprint density at radius 1 is 1.04 bits per heavy atom. The van der Waals surface area contributed by atoms with Crippen LogP contribution in [0, 0.1) is 5.92 Å². The van der Waals surface area contributed by atoms with Crippen LogP contribution in [-0.4, -0.2) is 54.6 Å². The fourth-order valence-electron chi connectivity index (χ4n) is 3.49. The number of anilines is 4. The number of rotatable bonds is 4. The molecule has 1 aromatic carbocycles. The first kappa shape index (κ1) is 17.0. The summed E-state index contributed by atoms with van der Waals surface area (Å²) in [7, 11) is 0. The third kappa shape index (κ3) is 3.88. The predicted molar refractivity (Wildman–Crippen MR) is 103 cm³/mol. The summed E-state index contributed by atoms with van der Waals surface area (Å²) < 4.78 is 5.47. The van der Waals surface area contributed by atoms with E-state index in [0.717, 1.165) is 56.8 Å². The van der Waals surface area contributed by atoms with Crippen LogP contribution in [0.5, 0.6) is 0 Å². The Bertz CT molecular complexity index is 725. The van der Waals surface area contributed by atoms with Gasteiger partial charge in [0.1, 0.15) is 0 Å². The number of nitrogens with zero attached hydrogens (tertiary/aromatic N) is 5. The Morgan fingerprint density at radius 3 is 2.62 bits per heavy atom. The van der Waals surface area contributed by atoms with Crippen molar-refractivity contribution in [1.29, 1.82) is 0 Å². The maximum atomic E-state index is 5.47. The molecule has 2 saturated heterocycles. The smallest absolute Gasteiger partial charge is 0.247 e. The van der Waals surface area contributed by atoms with Gasteiger partial charge in [-0.05, 0) is 30.9 Å². The molecule has 1 aromatic heterocycles. The average Bonchev–Trinajstić information content (AvgIpc) is 2.70. The molecule has 138 valence electrons. The van der Waals surface area contributed by atoms with Crippen molar-refractivity contribution < 1.29 is 4.74 Å². The SMILES string of the molecule is CC1CCN(c2nncc(Nc3ccccc3N3CCOCC3)n2)CC1. The molecule has 0 atom stereocenters. The molecule has 2 fully saturated rings. The van der Waals surface area contributed by atoms with E-state index in [1.165, 1.54) is 18.5 Å². The second kappa shape index (κ2) is 7.86. The molecule has 4 rings (SSSR count). The van der Waals surface area contributed by atoms with Gasteiger partial charge in [-0.25, -0.2) is 0 Å². The molecule has 2 aromatic rings. The number of benzene rings is 1. The molecule has 1 N–H and O–H groups in total. The van der Waals surface area contributed by atoms with E-state index >= 15 is 0 Å². The van der Waals surface area contributed by atoms with E-state index in [1.54, 1.807) is 6.20 Å². The monoisotopic (exact) mass is 354 g/mol. The van der Waals surface area contributed by atoms with Gasteiger partial charge in [0.05, 0.1) is 30.8 Å². The number of hydrogen-bond donors (Lipinski definition) is 1. The highest BCUT2D eigenvalue weighted by Crippen LogP contribution is 2.29. The van der Waals surface area contributed by atoms with Gasteiger partial charge in [-0.15, -0.1) is 5.10 Å². The summed E-state index contributed by atoms with van der Waals surface area (Å²) in [4.78, 5) is 9.27. The molecule has 26 heavy (non-hydrogen) atoms. The third-order valence-electron chi connectivity index (χ3n) is 5.13. The van der Waals surface area contributed by atoms with E-state index in [0.29, 0.717) is 5.95 Å². The fraction of sp³-hybridized carbons (Fsp3) is 0.526. The number of para-hydroxylation sites is 2. The van der Waals surface area contributed by atoms with Crippen molar-refractivity contribution in [2.75, 3.05) is 54.5 Å². The summed E-state index contributed by atoms with van der Waals surface area (Å²) in [5, 5.41) is 11.8. The molecule has 0 spiro atoms. The average molecular weight is 354 g/mol. The number of piperidine rings is 1. The van der Waals surface area contributed by atoms with Gasteiger partial charge in [0.25, 0.3) is 0 Å². The minimum absolute atomic E-state index is 0.714. The van der Waals surface area contributed by atoms with Crippen LogP contribution in [0.1, 0.15) is 19.8 Å². The highest BCUT2D eigenvalue weighted by molar-refractivity contribution is 5.74. The zero-order valence-corrected chi connectivity index (χ0v) is 15.3. The Morgan fingerprint density at radius 2 is 1.81 bits per heavy atom. The quantitative estimate of drug-likeness (QED) is 0.905. The Kier molecular flexibility index (Phi) is 5.15. The van der Waals surface area contributed by atoms with E-state index in [9.17, 15) is 0 Å². The minimum atomic E-state index is 0.714. The number of morpholine rings is 1. The molecule has 2 aliphatic rings. The van der Waals surface area contributed by atoms with Gasteiger partial charge in [-0.2, -0.15) is 10.1 Å². The molecule has 0 unspecified atom stereocenters. The van der Waals surface area contributed by atoms with E-state index in [4.69, 9.17) is 9.72 Å². The van der Waals surface area contributed by atoms with Crippen molar-refractivity contribution >= 4 is 23.1 Å². The van der Waals surface area contributed by atoms with Crippen LogP contribution < -0.4 is 15.1 Å². The summed E-state index contributed by atoms with van der Waals surface area (Å²) in [6.07, 6.45) is 4.05. The zero-order valence-electron chi connectivity index (χ0n) is 15.3. The van der Waals surface area contributed by atoms with E-state index in [1.807, 2.05) is 6.07 Å². The highest BCUT2D eigenvalue weighted by Gasteiger charge is 2.19. The molecular formula is C19H26N6O. The van der Waals surface area contributed by atoms with Crippen LogP contribution >= 0.6 is 0 Å². The molecule has 7 nitrogen and oxygen atoms in total. The van der Waals surface area contributed by atoms with Crippen LogP contribution in [0.15, 0.2) is 30.5 Å². The number of aromatic nitrogens is 3. The van der Waals surface area contributed by atoms with Gasteiger partial charge >= 0.3 is 0 Å². The second-order valence-corrected chi connectivity index (χ2v) is 7.05. The first-order valence-corrected chi connectivity index (χ1v) is 9.43. The van der Waals surface area contributed by atoms with Crippen LogP contribution in [0.2, 0.25) is 0 Å². The van der Waals surface area contributed by atoms with Crippen LogP contribution in [0.25, 0.3) is 0 Å². The van der Waals surface area contributed by atoms with Gasteiger partial charge in [-0.1, -0.05) is 19.1 Å². The summed E-state index contributed by atoms with van der Waals surface area (Å²) in [5.41, 5.74) is 2.20. The number of hydrogen-bond acceptors (Lipinski definition) is 7. The van der Waals surface area contributed by atoms with Gasteiger partial charge in [0.15, 0.2) is 5.82 Å². The summed E-state index contributed by atoms with van der Waals surface area (Å²) in [6.45, 7) is 7.63. The molecule has 0 aliphatic carbocycles. The lowest BCUT2D eigenvalue weighted by atomic mass is 10.00.